The number of hydrogen-bond donors (Lipinski definition) is 1. The number of pyridine rings is 2. The minimum Gasteiger partial charge on any atom is -0.386 e. The van der Waals surface area contributed by atoms with E-state index in [0.717, 1.165) is 0 Å². The molecule has 7 heteroatoms. The van der Waals surface area contributed by atoms with Crippen LogP contribution in [-0.2, 0) is 6.18 Å². The maximum atomic E-state index is 12.9. The smallest absolute Gasteiger partial charge is 0.386 e. The van der Waals surface area contributed by atoms with E-state index in [0.29, 0.717) is 5.56 Å². The molecule has 1 N–H and O–H groups in total. The van der Waals surface area contributed by atoms with Crippen LogP contribution in [0.5, 0.6) is 0 Å². The molecule has 0 saturated carbocycles. The fourth-order valence-corrected chi connectivity index (χ4v) is 1.68. The lowest BCUT2D eigenvalue weighted by atomic mass is 10.1. The van der Waals surface area contributed by atoms with Crippen LogP contribution in [0.25, 0.3) is 11.3 Å². The van der Waals surface area contributed by atoms with Gasteiger partial charge in [-0.25, -0.2) is 4.98 Å². The van der Waals surface area contributed by atoms with E-state index in [2.05, 4.69) is 15.3 Å². The summed E-state index contributed by atoms with van der Waals surface area (Å²) in [5, 5.41) is 11.2. The number of alkyl halides is 3. The average Bonchev–Trinajstić information content (AvgIpc) is 2.45. The Labute approximate surface area is 112 Å². The average molecular weight is 278 g/mol. The Balaban J connectivity index is 2.56. The van der Waals surface area contributed by atoms with Gasteiger partial charge in [0.25, 0.3) is 0 Å². The van der Waals surface area contributed by atoms with Crippen molar-refractivity contribution in [1.82, 2.24) is 9.97 Å². The van der Waals surface area contributed by atoms with E-state index < -0.39 is 11.9 Å². The van der Waals surface area contributed by atoms with Gasteiger partial charge in [0.05, 0.1) is 16.9 Å². The van der Waals surface area contributed by atoms with Crippen molar-refractivity contribution in [2.75, 3.05) is 12.4 Å². The van der Waals surface area contributed by atoms with Crippen LogP contribution in [0.4, 0.5) is 18.9 Å². The van der Waals surface area contributed by atoms with Gasteiger partial charge in [-0.05, 0) is 18.2 Å². The van der Waals surface area contributed by atoms with E-state index in [-0.39, 0.29) is 16.9 Å². The Kier molecular flexibility index (Phi) is 3.57. The third-order valence-corrected chi connectivity index (χ3v) is 2.60. The SMILES string of the molecule is CNc1ccc(-c2cncc(C#N)c2)nc1C(F)(F)F. The number of aromatic nitrogens is 2. The van der Waals surface area contributed by atoms with E-state index in [9.17, 15) is 13.2 Å². The van der Waals surface area contributed by atoms with Crippen LogP contribution < -0.4 is 5.32 Å². The third kappa shape index (κ3) is 2.69. The van der Waals surface area contributed by atoms with Crippen molar-refractivity contribution in [3.63, 3.8) is 0 Å². The molecule has 0 saturated heterocycles. The summed E-state index contributed by atoms with van der Waals surface area (Å²) in [7, 11) is 1.39. The first-order valence-corrected chi connectivity index (χ1v) is 5.57. The molecule has 2 aromatic rings. The highest BCUT2D eigenvalue weighted by Gasteiger charge is 2.35. The van der Waals surface area contributed by atoms with Gasteiger partial charge in [0, 0.05) is 25.0 Å². The molecule has 2 rings (SSSR count). The first-order chi connectivity index (χ1) is 9.45. The number of nitriles is 1. The van der Waals surface area contributed by atoms with Crippen LogP contribution in [-0.4, -0.2) is 17.0 Å². The summed E-state index contributed by atoms with van der Waals surface area (Å²) in [6, 6.07) is 6.06. The van der Waals surface area contributed by atoms with Crippen molar-refractivity contribution in [3.8, 4) is 17.3 Å². The van der Waals surface area contributed by atoms with E-state index in [1.54, 1.807) is 0 Å². The summed E-state index contributed by atoms with van der Waals surface area (Å²) in [6.07, 6.45) is -1.87. The quantitative estimate of drug-likeness (QED) is 0.917. The van der Waals surface area contributed by atoms with Crippen LogP contribution in [0.2, 0.25) is 0 Å². The van der Waals surface area contributed by atoms with Crippen molar-refractivity contribution in [2.45, 2.75) is 6.18 Å². The van der Waals surface area contributed by atoms with E-state index in [1.807, 2.05) is 6.07 Å². The summed E-state index contributed by atoms with van der Waals surface area (Å²) in [5.41, 5.74) is -0.376. The molecule has 20 heavy (non-hydrogen) atoms. The van der Waals surface area contributed by atoms with Crippen LogP contribution in [0.3, 0.4) is 0 Å². The van der Waals surface area contributed by atoms with Crippen molar-refractivity contribution >= 4 is 5.69 Å². The summed E-state index contributed by atoms with van der Waals surface area (Å²) in [4.78, 5) is 7.43. The van der Waals surface area contributed by atoms with Crippen LogP contribution in [0.1, 0.15) is 11.3 Å². The summed E-state index contributed by atoms with van der Waals surface area (Å²) >= 11 is 0. The zero-order valence-corrected chi connectivity index (χ0v) is 10.4. The molecule has 0 aliphatic heterocycles. The number of halogens is 3. The van der Waals surface area contributed by atoms with Gasteiger partial charge in [-0.1, -0.05) is 0 Å². The van der Waals surface area contributed by atoms with Crippen molar-refractivity contribution < 1.29 is 13.2 Å². The highest BCUT2D eigenvalue weighted by Crippen LogP contribution is 2.34. The molecule has 0 spiro atoms. The highest BCUT2D eigenvalue weighted by molar-refractivity contribution is 5.63. The second-order valence-corrected chi connectivity index (χ2v) is 3.91. The second kappa shape index (κ2) is 5.17. The topological polar surface area (TPSA) is 61.6 Å². The minimum atomic E-state index is -4.56. The molecule has 0 amide bonds. The first-order valence-electron chi connectivity index (χ1n) is 5.57. The Morgan fingerprint density at radius 1 is 1.25 bits per heavy atom. The zero-order chi connectivity index (χ0) is 14.8. The molecule has 2 aromatic heterocycles. The standard InChI is InChI=1S/C13H9F3N4/c1-18-11-3-2-10(20-12(11)13(14,15)16)9-4-8(5-17)6-19-7-9/h2-4,6-7,18H,1H3. The molecular formula is C13H9F3N4. The van der Waals surface area contributed by atoms with Gasteiger partial charge < -0.3 is 5.32 Å². The lowest BCUT2D eigenvalue weighted by Crippen LogP contribution is -2.12. The lowest BCUT2D eigenvalue weighted by molar-refractivity contribution is -0.140. The molecule has 0 radical (unpaired) electrons. The van der Waals surface area contributed by atoms with Gasteiger partial charge in [-0.15, -0.1) is 0 Å². The Morgan fingerprint density at radius 3 is 2.60 bits per heavy atom. The van der Waals surface area contributed by atoms with Gasteiger partial charge >= 0.3 is 6.18 Å². The summed E-state index contributed by atoms with van der Waals surface area (Å²) < 4.78 is 38.7. The number of nitrogens with one attached hydrogen (secondary N) is 1. The van der Waals surface area contributed by atoms with Crippen LogP contribution >= 0.6 is 0 Å². The largest absolute Gasteiger partial charge is 0.435 e. The predicted molar refractivity (Wildman–Crippen MR) is 66.7 cm³/mol. The summed E-state index contributed by atoms with van der Waals surface area (Å²) in [6.45, 7) is 0. The van der Waals surface area contributed by atoms with Crippen LogP contribution in [0.15, 0.2) is 30.6 Å². The number of anilines is 1. The predicted octanol–water partition coefficient (Wildman–Crippen LogP) is 3.08. The monoisotopic (exact) mass is 278 g/mol. The molecule has 4 nitrogen and oxygen atoms in total. The zero-order valence-electron chi connectivity index (χ0n) is 10.4. The minimum absolute atomic E-state index is 0.106. The molecule has 0 aromatic carbocycles. The second-order valence-electron chi connectivity index (χ2n) is 3.91. The maximum Gasteiger partial charge on any atom is 0.435 e. The first kappa shape index (κ1) is 13.8. The molecule has 102 valence electrons. The van der Waals surface area contributed by atoms with E-state index >= 15 is 0 Å². The van der Waals surface area contributed by atoms with Gasteiger partial charge in [0.2, 0.25) is 0 Å². The molecule has 0 unspecified atom stereocenters. The Hall–Kier alpha value is -2.62. The van der Waals surface area contributed by atoms with Crippen molar-refractivity contribution in [2.24, 2.45) is 0 Å². The fourth-order valence-electron chi connectivity index (χ4n) is 1.68. The molecule has 0 atom stereocenters. The van der Waals surface area contributed by atoms with Gasteiger partial charge in [-0.2, -0.15) is 18.4 Å². The maximum absolute atomic E-state index is 12.9. The lowest BCUT2D eigenvalue weighted by Gasteiger charge is -2.13. The number of rotatable bonds is 2. The molecule has 0 aliphatic rings. The van der Waals surface area contributed by atoms with Gasteiger partial charge in [0.1, 0.15) is 6.07 Å². The molecule has 0 bridgehead atoms. The fraction of sp³-hybridized carbons (Fsp3) is 0.154. The van der Waals surface area contributed by atoms with Crippen LogP contribution in [0, 0.1) is 11.3 Å². The Morgan fingerprint density at radius 2 is 2.00 bits per heavy atom. The van der Waals surface area contributed by atoms with Crippen molar-refractivity contribution in [3.05, 3.63) is 41.9 Å². The highest BCUT2D eigenvalue weighted by atomic mass is 19.4. The molecular weight excluding hydrogens is 269 g/mol. The van der Waals surface area contributed by atoms with E-state index in [1.165, 1.54) is 37.6 Å². The normalized spacial score (nSPS) is 10.9. The molecule has 2 heterocycles. The number of hydrogen-bond acceptors (Lipinski definition) is 4. The van der Waals surface area contributed by atoms with E-state index in [4.69, 9.17) is 5.26 Å². The Bertz CT molecular complexity index is 674. The molecule has 0 aliphatic carbocycles. The third-order valence-electron chi connectivity index (χ3n) is 2.60. The van der Waals surface area contributed by atoms with Gasteiger partial charge in [-0.3, -0.25) is 4.98 Å². The van der Waals surface area contributed by atoms with Crippen molar-refractivity contribution in [1.29, 1.82) is 5.26 Å². The molecule has 0 fully saturated rings. The number of nitrogens with zero attached hydrogens (tertiary/aromatic N) is 3. The summed E-state index contributed by atoms with van der Waals surface area (Å²) in [5.74, 6) is 0. The van der Waals surface area contributed by atoms with Gasteiger partial charge in [0.15, 0.2) is 5.69 Å².